The number of ether oxygens (including phenoxy) is 1. The lowest BCUT2D eigenvalue weighted by atomic mass is 9.78. The van der Waals surface area contributed by atoms with E-state index in [0.29, 0.717) is 0 Å². The van der Waals surface area contributed by atoms with E-state index in [1.165, 1.54) is 4.90 Å². The lowest BCUT2D eigenvalue weighted by Gasteiger charge is -2.37. The number of likely N-dealkylation sites (N-methyl/N-ethyl adjacent to an activating group) is 1. The van der Waals surface area contributed by atoms with E-state index in [1.807, 2.05) is 44.2 Å². The zero-order chi connectivity index (χ0) is 16.3. The first-order valence-corrected chi connectivity index (χ1v) is 7.06. The third kappa shape index (κ3) is 4.31. The van der Waals surface area contributed by atoms with Crippen molar-refractivity contribution in [3.8, 4) is 0 Å². The molecule has 21 heavy (non-hydrogen) atoms. The average Bonchev–Trinajstić information content (AvgIpc) is 2.38. The molecule has 4 heteroatoms. The molecule has 1 aromatic carbocycles. The predicted octanol–water partition coefficient (Wildman–Crippen LogP) is 3.40. The molecular formula is C17H25NO3. The van der Waals surface area contributed by atoms with Crippen LogP contribution < -0.4 is 0 Å². The number of carbonyl (C=O) groups excluding carboxylic acids is 2. The van der Waals surface area contributed by atoms with Crippen LogP contribution in [0.15, 0.2) is 30.3 Å². The van der Waals surface area contributed by atoms with Crippen LogP contribution >= 0.6 is 0 Å². The Bertz CT molecular complexity index is 489. The molecule has 1 aromatic rings. The largest absolute Gasteiger partial charge is 0.444 e. The molecule has 0 saturated carbocycles. The molecule has 116 valence electrons. The standard InChI is InChI=1S/C17H25NO3/c1-16(2,3)21-15(20)18(6)14(12-19)17(4,5)13-10-8-7-9-11-13/h7-12,14H,1-6H3. The summed E-state index contributed by atoms with van der Waals surface area (Å²) >= 11 is 0. The minimum Gasteiger partial charge on any atom is -0.444 e. The van der Waals surface area contributed by atoms with Crippen LogP contribution in [-0.4, -0.2) is 36.0 Å². The smallest absolute Gasteiger partial charge is 0.410 e. The van der Waals surface area contributed by atoms with Gasteiger partial charge in [-0.2, -0.15) is 0 Å². The van der Waals surface area contributed by atoms with Crippen molar-refractivity contribution < 1.29 is 14.3 Å². The maximum Gasteiger partial charge on any atom is 0.410 e. The maximum absolute atomic E-state index is 12.2. The number of benzene rings is 1. The van der Waals surface area contributed by atoms with E-state index in [9.17, 15) is 9.59 Å². The average molecular weight is 291 g/mol. The highest BCUT2D eigenvalue weighted by atomic mass is 16.6. The molecule has 1 amide bonds. The number of rotatable bonds is 4. The van der Waals surface area contributed by atoms with Crippen molar-refractivity contribution in [2.24, 2.45) is 0 Å². The lowest BCUT2D eigenvalue weighted by Crippen LogP contribution is -2.50. The van der Waals surface area contributed by atoms with Crippen molar-refractivity contribution in [1.82, 2.24) is 4.90 Å². The van der Waals surface area contributed by atoms with Gasteiger partial charge in [0.05, 0.1) is 6.04 Å². The van der Waals surface area contributed by atoms with Gasteiger partial charge in [-0.3, -0.25) is 0 Å². The van der Waals surface area contributed by atoms with Crippen LogP contribution in [0.1, 0.15) is 40.2 Å². The minimum absolute atomic E-state index is 0.497. The third-order valence-corrected chi connectivity index (χ3v) is 3.48. The highest BCUT2D eigenvalue weighted by Gasteiger charge is 2.37. The molecule has 0 N–H and O–H groups in total. The number of hydrogen-bond acceptors (Lipinski definition) is 3. The molecule has 1 unspecified atom stereocenters. The van der Waals surface area contributed by atoms with Crippen molar-refractivity contribution in [2.45, 2.75) is 51.7 Å². The first kappa shape index (κ1) is 17.2. The van der Waals surface area contributed by atoms with Crippen LogP contribution in [0.4, 0.5) is 4.79 Å². The monoisotopic (exact) mass is 291 g/mol. The third-order valence-electron chi connectivity index (χ3n) is 3.48. The van der Waals surface area contributed by atoms with Crippen molar-refractivity contribution in [3.63, 3.8) is 0 Å². The van der Waals surface area contributed by atoms with E-state index in [1.54, 1.807) is 27.8 Å². The molecular weight excluding hydrogens is 266 g/mol. The summed E-state index contributed by atoms with van der Waals surface area (Å²) in [5.41, 5.74) is -0.0952. The summed E-state index contributed by atoms with van der Waals surface area (Å²) in [6.07, 6.45) is 0.306. The summed E-state index contributed by atoms with van der Waals surface area (Å²) < 4.78 is 5.34. The van der Waals surface area contributed by atoms with Gasteiger partial charge in [-0.15, -0.1) is 0 Å². The number of nitrogens with zero attached hydrogens (tertiary/aromatic N) is 1. The Morgan fingerprint density at radius 3 is 2.10 bits per heavy atom. The zero-order valence-corrected chi connectivity index (χ0v) is 13.7. The molecule has 1 rings (SSSR count). The molecule has 1 atom stereocenters. The Labute approximate surface area is 127 Å². The molecule has 0 bridgehead atoms. The van der Waals surface area contributed by atoms with E-state index in [4.69, 9.17) is 4.74 Å². The van der Waals surface area contributed by atoms with Gasteiger partial charge in [0.25, 0.3) is 0 Å². The first-order chi connectivity index (χ1) is 9.59. The van der Waals surface area contributed by atoms with Gasteiger partial charge in [0.15, 0.2) is 0 Å². The summed E-state index contributed by atoms with van der Waals surface area (Å²) in [6, 6.07) is 9.08. The van der Waals surface area contributed by atoms with Gasteiger partial charge < -0.3 is 14.4 Å². The van der Waals surface area contributed by atoms with E-state index >= 15 is 0 Å². The molecule has 0 radical (unpaired) electrons. The summed E-state index contributed by atoms with van der Waals surface area (Å²) in [6.45, 7) is 9.30. The number of hydrogen-bond donors (Lipinski definition) is 0. The van der Waals surface area contributed by atoms with E-state index in [-0.39, 0.29) is 0 Å². The fourth-order valence-electron chi connectivity index (χ4n) is 2.23. The van der Waals surface area contributed by atoms with E-state index in [2.05, 4.69) is 0 Å². The van der Waals surface area contributed by atoms with Gasteiger partial charge in [-0.05, 0) is 26.3 Å². The Kier molecular flexibility index (Phi) is 5.15. The minimum atomic E-state index is -0.602. The van der Waals surface area contributed by atoms with Gasteiger partial charge in [0.1, 0.15) is 11.9 Å². The molecule has 0 aromatic heterocycles. The second kappa shape index (κ2) is 6.29. The second-order valence-electron chi connectivity index (χ2n) is 6.76. The Morgan fingerprint density at radius 2 is 1.67 bits per heavy atom. The van der Waals surface area contributed by atoms with Crippen LogP contribution in [0, 0.1) is 0 Å². The first-order valence-electron chi connectivity index (χ1n) is 7.06. The number of amides is 1. The van der Waals surface area contributed by atoms with Gasteiger partial charge in [-0.1, -0.05) is 44.2 Å². The fourth-order valence-corrected chi connectivity index (χ4v) is 2.23. The molecule has 4 nitrogen and oxygen atoms in total. The van der Waals surface area contributed by atoms with Crippen molar-refractivity contribution in [2.75, 3.05) is 7.05 Å². The van der Waals surface area contributed by atoms with Crippen LogP contribution in [0.3, 0.4) is 0 Å². The van der Waals surface area contributed by atoms with Crippen LogP contribution in [0.5, 0.6) is 0 Å². The van der Waals surface area contributed by atoms with Crippen molar-refractivity contribution >= 4 is 12.4 Å². The van der Waals surface area contributed by atoms with Crippen LogP contribution in [-0.2, 0) is 14.9 Å². The highest BCUT2D eigenvalue weighted by Crippen LogP contribution is 2.29. The van der Waals surface area contributed by atoms with E-state index in [0.717, 1.165) is 11.8 Å². The zero-order valence-electron chi connectivity index (χ0n) is 13.7. The molecule has 0 aliphatic carbocycles. The Morgan fingerprint density at radius 1 is 1.14 bits per heavy atom. The fraction of sp³-hybridized carbons (Fsp3) is 0.529. The number of aldehydes is 1. The molecule has 0 heterocycles. The summed E-state index contributed by atoms with van der Waals surface area (Å²) in [7, 11) is 1.60. The summed E-state index contributed by atoms with van der Waals surface area (Å²) in [4.78, 5) is 25.1. The summed E-state index contributed by atoms with van der Waals surface area (Å²) in [5, 5.41) is 0. The quantitative estimate of drug-likeness (QED) is 0.799. The van der Waals surface area contributed by atoms with Crippen molar-refractivity contribution in [3.05, 3.63) is 35.9 Å². The Hall–Kier alpha value is -1.84. The van der Waals surface area contributed by atoms with Gasteiger partial charge in [-0.25, -0.2) is 4.79 Å². The normalized spacial score (nSPS) is 13.4. The van der Waals surface area contributed by atoms with Crippen LogP contribution in [0.25, 0.3) is 0 Å². The van der Waals surface area contributed by atoms with Gasteiger partial charge in [0, 0.05) is 12.5 Å². The molecule has 0 aliphatic heterocycles. The number of carbonyl (C=O) groups is 2. The maximum atomic E-state index is 12.2. The molecule has 0 fully saturated rings. The lowest BCUT2D eigenvalue weighted by molar-refractivity contribution is -0.114. The molecule has 0 saturated heterocycles. The van der Waals surface area contributed by atoms with Crippen LogP contribution in [0.2, 0.25) is 0 Å². The summed E-state index contributed by atoms with van der Waals surface area (Å²) in [5.74, 6) is 0. The highest BCUT2D eigenvalue weighted by molar-refractivity contribution is 5.75. The second-order valence-corrected chi connectivity index (χ2v) is 6.76. The van der Waals surface area contributed by atoms with E-state index < -0.39 is 23.2 Å². The Balaban J connectivity index is 3.01. The molecule has 0 spiro atoms. The van der Waals surface area contributed by atoms with Gasteiger partial charge >= 0.3 is 6.09 Å². The predicted molar refractivity (Wildman–Crippen MR) is 83.3 cm³/mol. The topological polar surface area (TPSA) is 46.6 Å². The molecule has 0 aliphatic rings. The van der Waals surface area contributed by atoms with Crippen molar-refractivity contribution in [1.29, 1.82) is 0 Å². The van der Waals surface area contributed by atoms with Gasteiger partial charge in [0.2, 0.25) is 0 Å². The SMILES string of the molecule is CN(C(=O)OC(C)(C)C)C(C=O)C(C)(C)c1ccccc1.